The summed E-state index contributed by atoms with van der Waals surface area (Å²) < 4.78 is 25.7. The van der Waals surface area contributed by atoms with Crippen LogP contribution in [0.4, 0.5) is 8.78 Å². The number of unbranched alkanes of at least 4 members (excludes halogenated alkanes) is 2. The average molecular weight is 198 g/mol. The average Bonchev–Trinajstić information content (AvgIpc) is 2.18. The van der Waals surface area contributed by atoms with Crippen molar-refractivity contribution in [2.24, 2.45) is 0 Å². The van der Waals surface area contributed by atoms with Crippen molar-refractivity contribution < 1.29 is 13.6 Å². The van der Waals surface area contributed by atoms with Gasteiger partial charge >= 0.3 is 0 Å². The van der Waals surface area contributed by atoms with E-state index < -0.39 is 5.82 Å². The third-order valence-electron chi connectivity index (χ3n) is 2.03. The number of hydrogen-bond donors (Lipinski definition) is 0. The van der Waals surface area contributed by atoms with Crippen LogP contribution < -0.4 is 0 Å². The van der Waals surface area contributed by atoms with E-state index in [1.165, 1.54) is 6.07 Å². The quantitative estimate of drug-likeness (QED) is 0.525. The van der Waals surface area contributed by atoms with Crippen molar-refractivity contribution >= 4 is 6.29 Å². The SMILES string of the molecule is O=CCCCCc1cc(F)ccc1F. The first-order chi connectivity index (χ1) is 6.74. The summed E-state index contributed by atoms with van der Waals surface area (Å²) in [5.74, 6) is -0.797. The molecule has 0 radical (unpaired) electrons. The van der Waals surface area contributed by atoms with Crippen molar-refractivity contribution in [2.45, 2.75) is 25.7 Å². The van der Waals surface area contributed by atoms with E-state index in [9.17, 15) is 13.6 Å². The Hall–Kier alpha value is -1.25. The van der Waals surface area contributed by atoms with Crippen molar-refractivity contribution in [1.29, 1.82) is 0 Å². The first-order valence-corrected chi connectivity index (χ1v) is 4.61. The van der Waals surface area contributed by atoms with E-state index >= 15 is 0 Å². The molecule has 76 valence electrons. The van der Waals surface area contributed by atoms with Gasteiger partial charge < -0.3 is 4.79 Å². The Labute approximate surface area is 81.7 Å². The molecule has 0 spiro atoms. The molecule has 0 saturated carbocycles. The van der Waals surface area contributed by atoms with E-state index in [0.29, 0.717) is 24.8 Å². The molecule has 0 aliphatic carbocycles. The molecular formula is C11H12F2O. The van der Waals surface area contributed by atoms with Gasteiger partial charge in [0.25, 0.3) is 0 Å². The van der Waals surface area contributed by atoms with Crippen LogP contribution in [0.25, 0.3) is 0 Å². The number of carbonyl (C=O) groups is 1. The van der Waals surface area contributed by atoms with Gasteiger partial charge in [-0.2, -0.15) is 0 Å². The van der Waals surface area contributed by atoms with Gasteiger partial charge in [0.2, 0.25) is 0 Å². The summed E-state index contributed by atoms with van der Waals surface area (Å²) in [5.41, 5.74) is 0.385. The molecule has 0 aliphatic heterocycles. The van der Waals surface area contributed by atoms with Crippen molar-refractivity contribution in [3.05, 3.63) is 35.4 Å². The molecule has 0 fully saturated rings. The standard InChI is InChI=1S/C11H12F2O/c12-10-5-6-11(13)9(8-10)4-2-1-3-7-14/h5-8H,1-4H2. The van der Waals surface area contributed by atoms with Gasteiger partial charge in [-0.15, -0.1) is 0 Å². The van der Waals surface area contributed by atoms with E-state index in [-0.39, 0.29) is 5.82 Å². The van der Waals surface area contributed by atoms with Crippen LogP contribution in [0.5, 0.6) is 0 Å². The minimum absolute atomic E-state index is 0.377. The zero-order valence-corrected chi connectivity index (χ0v) is 7.80. The normalized spacial score (nSPS) is 10.1. The molecule has 0 bridgehead atoms. The molecular weight excluding hydrogens is 186 g/mol. The van der Waals surface area contributed by atoms with Crippen molar-refractivity contribution in [1.82, 2.24) is 0 Å². The van der Waals surface area contributed by atoms with Gasteiger partial charge in [-0.25, -0.2) is 8.78 Å². The molecule has 0 saturated heterocycles. The van der Waals surface area contributed by atoms with Gasteiger partial charge in [-0.3, -0.25) is 0 Å². The van der Waals surface area contributed by atoms with Crippen LogP contribution in [-0.2, 0) is 11.2 Å². The van der Waals surface area contributed by atoms with E-state index in [0.717, 1.165) is 24.8 Å². The lowest BCUT2D eigenvalue weighted by Gasteiger charge is -2.01. The maximum absolute atomic E-state index is 13.0. The first-order valence-electron chi connectivity index (χ1n) is 4.61. The summed E-state index contributed by atoms with van der Waals surface area (Å²) in [6.45, 7) is 0. The molecule has 0 heterocycles. The van der Waals surface area contributed by atoms with Crippen LogP contribution in [0, 0.1) is 11.6 Å². The number of halogens is 2. The van der Waals surface area contributed by atoms with Gasteiger partial charge in [0.15, 0.2) is 0 Å². The molecule has 14 heavy (non-hydrogen) atoms. The Bertz CT molecular complexity index is 310. The van der Waals surface area contributed by atoms with Crippen LogP contribution >= 0.6 is 0 Å². The van der Waals surface area contributed by atoms with Gasteiger partial charge in [0, 0.05) is 6.42 Å². The molecule has 0 N–H and O–H groups in total. The zero-order valence-electron chi connectivity index (χ0n) is 7.80. The molecule has 0 amide bonds. The smallest absolute Gasteiger partial charge is 0.126 e. The number of carbonyl (C=O) groups excluding carboxylic acids is 1. The third-order valence-corrected chi connectivity index (χ3v) is 2.03. The molecule has 0 unspecified atom stereocenters. The number of rotatable bonds is 5. The monoisotopic (exact) mass is 198 g/mol. The van der Waals surface area contributed by atoms with Gasteiger partial charge in [-0.05, 0) is 43.0 Å². The Morgan fingerprint density at radius 3 is 2.71 bits per heavy atom. The van der Waals surface area contributed by atoms with Crippen LogP contribution in [0.2, 0.25) is 0 Å². The van der Waals surface area contributed by atoms with Crippen LogP contribution in [0.1, 0.15) is 24.8 Å². The largest absolute Gasteiger partial charge is 0.303 e. The lowest BCUT2D eigenvalue weighted by Crippen LogP contribution is -1.92. The maximum Gasteiger partial charge on any atom is 0.126 e. The highest BCUT2D eigenvalue weighted by atomic mass is 19.1. The second-order valence-electron chi connectivity index (χ2n) is 3.15. The molecule has 0 aromatic heterocycles. The number of aldehydes is 1. The molecule has 0 aliphatic rings. The summed E-state index contributed by atoms with van der Waals surface area (Å²) >= 11 is 0. The van der Waals surface area contributed by atoms with E-state index in [1.807, 2.05) is 0 Å². The van der Waals surface area contributed by atoms with Gasteiger partial charge in [-0.1, -0.05) is 0 Å². The summed E-state index contributed by atoms with van der Waals surface area (Å²) in [4.78, 5) is 10.0. The lowest BCUT2D eigenvalue weighted by molar-refractivity contribution is -0.107. The molecule has 1 rings (SSSR count). The highest BCUT2D eigenvalue weighted by Crippen LogP contribution is 2.12. The van der Waals surface area contributed by atoms with Gasteiger partial charge in [0.1, 0.15) is 17.9 Å². The van der Waals surface area contributed by atoms with Crippen molar-refractivity contribution in [3.63, 3.8) is 0 Å². The Morgan fingerprint density at radius 2 is 2.00 bits per heavy atom. The van der Waals surface area contributed by atoms with Crippen molar-refractivity contribution in [2.75, 3.05) is 0 Å². The van der Waals surface area contributed by atoms with E-state index in [1.54, 1.807) is 0 Å². The number of benzene rings is 1. The minimum Gasteiger partial charge on any atom is -0.303 e. The fourth-order valence-corrected chi connectivity index (χ4v) is 1.28. The number of aryl methyl sites for hydroxylation is 1. The molecule has 1 aromatic rings. The predicted molar refractivity (Wildman–Crippen MR) is 50.0 cm³/mol. The molecule has 1 aromatic carbocycles. The van der Waals surface area contributed by atoms with Crippen LogP contribution in [-0.4, -0.2) is 6.29 Å². The van der Waals surface area contributed by atoms with Crippen LogP contribution in [0.3, 0.4) is 0 Å². The zero-order chi connectivity index (χ0) is 10.4. The maximum atomic E-state index is 13.0. The first kappa shape index (κ1) is 10.8. The Kier molecular flexibility index (Phi) is 4.23. The molecule has 1 nitrogen and oxygen atoms in total. The summed E-state index contributed by atoms with van der Waals surface area (Å²) in [6.07, 6.45) is 3.23. The topological polar surface area (TPSA) is 17.1 Å². The third kappa shape index (κ3) is 3.24. The van der Waals surface area contributed by atoms with E-state index in [4.69, 9.17) is 0 Å². The molecule has 3 heteroatoms. The fraction of sp³-hybridized carbons (Fsp3) is 0.364. The lowest BCUT2D eigenvalue weighted by atomic mass is 10.1. The minimum atomic E-state index is -0.420. The second-order valence-corrected chi connectivity index (χ2v) is 3.15. The Morgan fingerprint density at radius 1 is 1.21 bits per heavy atom. The summed E-state index contributed by atoms with van der Waals surface area (Å²) in [7, 11) is 0. The Balaban J connectivity index is 2.49. The summed E-state index contributed by atoms with van der Waals surface area (Å²) in [5, 5.41) is 0. The summed E-state index contributed by atoms with van der Waals surface area (Å²) in [6, 6.07) is 3.44. The predicted octanol–water partition coefficient (Wildman–Crippen LogP) is 2.88. The highest BCUT2D eigenvalue weighted by molar-refractivity contribution is 5.48. The molecule has 0 atom stereocenters. The van der Waals surface area contributed by atoms with Gasteiger partial charge in [0.05, 0.1) is 0 Å². The van der Waals surface area contributed by atoms with Crippen molar-refractivity contribution in [3.8, 4) is 0 Å². The van der Waals surface area contributed by atoms with Crippen LogP contribution in [0.15, 0.2) is 18.2 Å². The second kappa shape index (κ2) is 5.47. The van der Waals surface area contributed by atoms with E-state index in [2.05, 4.69) is 0 Å². The number of hydrogen-bond acceptors (Lipinski definition) is 1. The highest BCUT2D eigenvalue weighted by Gasteiger charge is 2.02. The fourth-order valence-electron chi connectivity index (χ4n) is 1.28.